The van der Waals surface area contributed by atoms with Gasteiger partial charge in [-0.2, -0.15) is 0 Å². The first kappa shape index (κ1) is 13.0. The SMILES string of the molecule is CC(COc1cccc(C(C)(C)C)c1)NN. The van der Waals surface area contributed by atoms with Crippen molar-refractivity contribution in [1.29, 1.82) is 0 Å². The van der Waals surface area contributed by atoms with E-state index in [4.69, 9.17) is 10.6 Å². The van der Waals surface area contributed by atoms with Gasteiger partial charge in [-0.25, -0.2) is 0 Å². The van der Waals surface area contributed by atoms with Crippen molar-refractivity contribution >= 4 is 0 Å². The van der Waals surface area contributed by atoms with Gasteiger partial charge >= 0.3 is 0 Å². The molecule has 0 fully saturated rings. The van der Waals surface area contributed by atoms with E-state index in [0.717, 1.165) is 5.75 Å². The highest BCUT2D eigenvalue weighted by Gasteiger charge is 2.13. The molecule has 0 bridgehead atoms. The molecule has 0 amide bonds. The maximum atomic E-state index is 5.65. The highest BCUT2D eigenvalue weighted by molar-refractivity contribution is 5.32. The van der Waals surface area contributed by atoms with Crippen LogP contribution in [0.5, 0.6) is 5.75 Å². The van der Waals surface area contributed by atoms with Gasteiger partial charge in [0.05, 0.1) is 6.04 Å². The molecule has 0 aromatic heterocycles. The lowest BCUT2D eigenvalue weighted by atomic mass is 9.87. The zero-order valence-electron chi connectivity index (χ0n) is 10.6. The van der Waals surface area contributed by atoms with Crippen LogP contribution in [0.2, 0.25) is 0 Å². The number of rotatable bonds is 4. The standard InChI is InChI=1S/C13H22N2O/c1-10(15-14)9-16-12-7-5-6-11(8-12)13(2,3)4/h5-8,10,15H,9,14H2,1-4H3. The predicted molar refractivity (Wildman–Crippen MR) is 67.4 cm³/mol. The smallest absolute Gasteiger partial charge is 0.119 e. The Morgan fingerprint density at radius 3 is 2.62 bits per heavy atom. The Balaban J connectivity index is 2.68. The third-order valence-corrected chi connectivity index (χ3v) is 2.48. The van der Waals surface area contributed by atoms with E-state index in [1.807, 2.05) is 19.1 Å². The molecule has 0 spiro atoms. The Morgan fingerprint density at radius 1 is 1.38 bits per heavy atom. The van der Waals surface area contributed by atoms with Crippen molar-refractivity contribution < 1.29 is 4.74 Å². The minimum atomic E-state index is 0.150. The largest absolute Gasteiger partial charge is 0.492 e. The highest BCUT2D eigenvalue weighted by Crippen LogP contribution is 2.25. The van der Waals surface area contributed by atoms with Crippen LogP contribution >= 0.6 is 0 Å². The second-order valence-corrected chi connectivity index (χ2v) is 5.16. The van der Waals surface area contributed by atoms with Crippen LogP contribution in [0.1, 0.15) is 33.3 Å². The van der Waals surface area contributed by atoms with Crippen molar-refractivity contribution in [3.05, 3.63) is 29.8 Å². The number of hydrogen-bond donors (Lipinski definition) is 2. The first-order valence-electron chi connectivity index (χ1n) is 5.63. The molecule has 0 saturated heterocycles. The second-order valence-electron chi connectivity index (χ2n) is 5.16. The molecule has 3 heteroatoms. The van der Waals surface area contributed by atoms with Gasteiger partial charge in [0, 0.05) is 0 Å². The van der Waals surface area contributed by atoms with Crippen molar-refractivity contribution in [2.45, 2.75) is 39.2 Å². The molecular weight excluding hydrogens is 200 g/mol. The fourth-order valence-corrected chi connectivity index (χ4v) is 1.32. The quantitative estimate of drug-likeness (QED) is 0.606. The molecule has 90 valence electrons. The number of benzene rings is 1. The van der Waals surface area contributed by atoms with E-state index in [-0.39, 0.29) is 11.5 Å². The van der Waals surface area contributed by atoms with Gasteiger partial charge in [0.2, 0.25) is 0 Å². The summed E-state index contributed by atoms with van der Waals surface area (Å²) >= 11 is 0. The molecule has 1 atom stereocenters. The second kappa shape index (κ2) is 5.32. The first-order valence-corrected chi connectivity index (χ1v) is 5.63. The molecule has 16 heavy (non-hydrogen) atoms. The lowest BCUT2D eigenvalue weighted by Gasteiger charge is -2.20. The average Bonchev–Trinajstić information content (AvgIpc) is 2.25. The van der Waals surface area contributed by atoms with E-state index in [2.05, 4.69) is 38.3 Å². The molecule has 0 aliphatic rings. The van der Waals surface area contributed by atoms with E-state index < -0.39 is 0 Å². The molecule has 0 aliphatic carbocycles. The Labute approximate surface area is 98.0 Å². The molecule has 1 aromatic carbocycles. The number of nitrogens with one attached hydrogen (secondary N) is 1. The summed E-state index contributed by atoms with van der Waals surface area (Å²) in [5.74, 6) is 6.20. The highest BCUT2D eigenvalue weighted by atomic mass is 16.5. The molecule has 1 unspecified atom stereocenters. The van der Waals surface area contributed by atoms with Crippen molar-refractivity contribution in [3.63, 3.8) is 0 Å². The number of ether oxygens (including phenoxy) is 1. The van der Waals surface area contributed by atoms with Gasteiger partial charge in [0.15, 0.2) is 0 Å². The summed E-state index contributed by atoms with van der Waals surface area (Å²) in [5.41, 5.74) is 4.08. The van der Waals surface area contributed by atoms with E-state index in [1.54, 1.807) is 0 Å². The molecule has 1 aromatic rings. The van der Waals surface area contributed by atoms with Crippen LogP contribution < -0.4 is 16.0 Å². The van der Waals surface area contributed by atoms with E-state index in [1.165, 1.54) is 5.56 Å². The number of nitrogens with two attached hydrogens (primary N) is 1. The van der Waals surface area contributed by atoms with Gasteiger partial charge in [-0.15, -0.1) is 0 Å². The minimum absolute atomic E-state index is 0.150. The van der Waals surface area contributed by atoms with Gasteiger partial charge in [0.25, 0.3) is 0 Å². The van der Waals surface area contributed by atoms with Crippen molar-refractivity contribution in [1.82, 2.24) is 5.43 Å². The average molecular weight is 222 g/mol. The van der Waals surface area contributed by atoms with Crippen LogP contribution in [0.3, 0.4) is 0 Å². The van der Waals surface area contributed by atoms with Gasteiger partial charge in [-0.3, -0.25) is 11.3 Å². The fraction of sp³-hybridized carbons (Fsp3) is 0.538. The Bertz CT molecular complexity index is 331. The van der Waals surface area contributed by atoms with Crippen LogP contribution in [0.4, 0.5) is 0 Å². The van der Waals surface area contributed by atoms with Crippen molar-refractivity contribution in [3.8, 4) is 5.75 Å². The minimum Gasteiger partial charge on any atom is -0.492 e. The summed E-state index contributed by atoms with van der Waals surface area (Å²) in [6, 6.07) is 8.36. The predicted octanol–water partition coefficient (Wildman–Crippen LogP) is 2.21. The van der Waals surface area contributed by atoms with Crippen molar-refractivity contribution in [2.75, 3.05) is 6.61 Å². The summed E-state index contributed by atoms with van der Waals surface area (Å²) < 4.78 is 5.65. The normalized spacial score (nSPS) is 13.6. The van der Waals surface area contributed by atoms with Crippen LogP contribution in [0, 0.1) is 0 Å². The lowest BCUT2D eigenvalue weighted by Crippen LogP contribution is -2.36. The summed E-state index contributed by atoms with van der Waals surface area (Å²) in [6.07, 6.45) is 0. The lowest BCUT2D eigenvalue weighted by molar-refractivity contribution is 0.274. The molecule has 3 N–H and O–H groups in total. The van der Waals surface area contributed by atoms with E-state index in [9.17, 15) is 0 Å². The van der Waals surface area contributed by atoms with Crippen molar-refractivity contribution in [2.24, 2.45) is 5.84 Å². The molecule has 3 nitrogen and oxygen atoms in total. The topological polar surface area (TPSA) is 47.3 Å². The third-order valence-electron chi connectivity index (χ3n) is 2.48. The monoisotopic (exact) mass is 222 g/mol. The van der Waals surface area contributed by atoms with Gasteiger partial charge in [-0.05, 0) is 30.0 Å². The summed E-state index contributed by atoms with van der Waals surface area (Å²) in [7, 11) is 0. The van der Waals surface area contributed by atoms with Gasteiger partial charge < -0.3 is 4.74 Å². The Morgan fingerprint density at radius 2 is 2.06 bits per heavy atom. The summed E-state index contributed by atoms with van der Waals surface area (Å²) in [6.45, 7) is 9.13. The van der Waals surface area contributed by atoms with Gasteiger partial charge in [-0.1, -0.05) is 32.9 Å². The van der Waals surface area contributed by atoms with Crippen LogP contribution in [0.15, 0.2) is 24.3 Å². The van der Waals surface area contributed by atoms with Crippen LogP contribution in [-0.4, -0.2) is 12.6 Å². The summed E-state index contributed by atoms with van der Waals surface area (Å²) in [5, 5.41) is 0. The van der Waals surface area contributed by atoms with E-state index in [0.29, 0.717) is 6.61 Å². The molecule has 0 saturated carbocycles. The molecule has 1 rings (SSSR count). The van der Waals surface area contributed by atoms with Crippen LogP contribution in [0.25, 0.3) is 0 Å². The zero-order valence-corrected chi connectivity index (χ0v) is 10.6. The molecule has 0 heterocycles. The zero-order chi connectivity index (χ0) is 12.2. The summed E-state index contributed by atoms with van der Waals surface area (Å²) in [4.78, 5) is 0. The fourth-order valence-electron chi connectivity index (χ4n) is 1.32. The maximum Gasteiger partial charge on any atom is 0.119 e. The number of hydrazine groups is 1. The maximum absolute atomic E-state index is 5.65. The molecule has 0 aliphatic heterocycles. The third kappa shape index (κ3) is 3.83. The molecule has 0 radical (unpaired) electrons. The van der Waals surface area contributed by atoms with E-state index >= 15 is 0 Å². The molecular formula is C13H22N2O. The van der Waals surface area contributed by atoms with Gasteiger partial charge in [0.1, 0.15) is 12.4 Å². The Kier molecular flexibility index (Phi) is 4.33. The first-order chi connectivity index (χ1) is 7.43. The number of hydrogen-bond acceptors (Lipinski definition) is 3. The van der Waals surface area contributed by atoms with Crippen LogP contribution in [-0.2, 0) is 5.41 Å². The Hall–Kier alpha value is -1.06.